The predicted octanol–water partition coefficient (Wildman–Crippen LogP) is 3.75. The van der Waals surface area contributed by atoms with Crippen LogP contribution < -0.4 is 15.5 Å². The maximum atomic E-state index is 13.4. The molecule has 6 nitrogen and oxygen atoms in total. The third-order valence-corrected chi connectivity index (χ3v) is 4.90. The smallest absolute Gasteiger partial charge is 0.282 e. The molecule has 0 aliphatic carbocycles. The second-order valence-corrected chi connectivity index (χ2v) is 9.00. The van der Waals surface area contributed by atoms with Crippen LogP contribution >= 0.6 is 0 Å². The van der Waals surface area contributed by atoms with E-state index < -0.39 is 5.92 Å². The Bertz CT molecular complexity index is 692. The van der Waals surface area contributed by atoms with Crippen LogP contribution in [0.3, 0.4) is 0 Å². The van der Waals surface area contributed by atoms with Gasteiger partial charge in [-0.1, -0.05) is 20.8 Å². The summed E-state index contributed by atoms with van der Waals surface area (Å²) in [5.74, 6) is -1.32. The van der Waals surface area contributed by atoms with Gasteiger partial charge in [-0.15, -0.1) is 0 Å². The zero-order chi connectivity index (χ0) is 20.4. The number of hydrogen-bond acceptors (Lipinski definition) is 5. The Kier molecular flexibility index (Phi) is 6.07. The lowest BCUT2D eigenvalue weighted by Gasteiger charge is -2.40. The van der Waals surface area contributed by atoms with Crippen molar-refractivity contribution in [3.63, 3.8) is 0 Å². The average molecular weight is 396 g/mol. The summed E-state index contributed by atoms with van der Waals surface area (Å²) in [6, 6.07) is 3.53. The molecule has 0 saturated carbocycles. The summed E-state index contributed by atoms with van der Waals surface area (Å²) in [5.41, 5.74) is 0.313. The molecule has 2 fully saturated rings. The van der Waals surface area contributed by atoms with Crippen LogP contribution in [0.15, 0.2) is 12.1 Å². The van der Waals surface area contributed by atoms with Crippen molar-refractivity contribution in [1.82, 2.24) is 4.98 Å². The average Bonchev–Trinajstić information content (AvgIpc) is 2.58. The van der Waals surface area contributed by atoms with E-state index in [0.717, 1.165) is 32.6 Å². The van der Waals surface area contributed by atoms with Crippen LogP contribution in [0, 0.1) is 11.3 Å². The number of amides is 1. The number of halogens is 2. The molecule has 0 bridgehead atoms. The van der Waals surface area contributed by atoms with Gasteiger partial charge in [-0.2, -0.15) is 0 Å². The van der Waals surface area contributed by atoms with Crippen LogP contribution in [-0.2, 0) is 9.53 Å². The van der Waals surface area contributed by atoms with Crippen LogP contribution in [0.2, 0.25) is 0 Å². The Morgan fingerprint density at radius 2 is 1.96 bits per heavy atom. The maximum absolute atomic E-state index is 13.4. The first kappa shape index (κ1) is 20.8. The standard InChI is InChI=1S/C20H30F2N4O2/c1-19(2,3)10-17(27)24-15-4-5-16(23-11-14-6-8-28-9-7-14)25-18(15)26-12-20(21,22)13-26/h4-5,14H,6-13H2,1-3H3,(H,23,25)(H,24,27). The number of nitrogens with zero attached hydrogens (tertiary/aromatic N) is 2. The zero-order valence-corrected chi connectivity index (χ0v) is 16.9. The van der Waals surface area contributed by atoms with E-state index in [1.807, 2.05) is 20.8 Å². The molecule has 2 saturated heterocycles. The zero-order valence-electron chi connectivity index (χ0n) is 16.9. The third-order valence-electron chi connectivity index (χ3n) is 4.90. The van der Waals surface area contributed by atoms with Gasteiger partial charge in [0, 0.05) is 26.2 Å². The van der Waals surface area contributed by atoms with Crippen molar-refractivity contribution in [3.05, 3.63) is 12.1 Å². The van der Waals surface area contributed by atoms with Gasteiger partial charge in [-0.05, 0) is 36.3 Å². The molecule has 0 aromatic carbocycles. The topological polar surface area (TPSA) is 66.5 Å². The molecular formula is C20H30F2N4O2. The largest absolute Gasteiger partial charge is 0.381 e. The van der Waals surface area contributed by atoms with Crippen molar-refractivity contribution in [2.24, 2.45) is 11.3 Å². The van der Waals surface area contributed by atoms with Crippen molar-refractivity contribution in [2.45, 2.75) is 46.0 Å². The van der Waals surface area contributed by atoms with Gasteiger partial charge in [0.05, 0.1) is 18.8 Å². The summed E-state index contributed by atoms with van der Waals surface area (Å²) in [4.78, 5) is 18.4. The minimum Gasteiger partial charge on any atom is -0.381 e. The summed E-state index contributed by atoms with van der Waals surface area (Å²) in [6.45, 7) is 7.47. The van der Waals surface area contributed by atoms with Gasteiger partial charge in [0.25, 0.3) is 5.92 Å². The number of carbonyl (C=O) groups excluding carboxylic acids is 1. The normalized spacial score (nSPS) is 19.8. The summed E-state index contributed by atoms with van der Waals surface area (Å²) < 4.78 is 32.2. The summed E-state index contributed by atoms with van der Waals surface area (Å²) in [5, 5.41) is 6.15. The Labute approximate surface area is 165 Å². The van der Waals surface area contributed by atoms with Gasteiger partial charge >= 0.3 is 0 Å². The molecule has 1 aromatic rings. The molecule has 0 atom stereocenters. The first-order chi connectivity index (χ1) is 13.1. The quantitative estimate of drug-likeness (QED) is 0.767. The first-order valence-corrected chi connectivity index (χ1v) is 9.87. The van der Waals surface area contributed by atoms with Gasteiger partial charge in [0.1, 0.15) is 5.82 Å². The number of hydrogen-bond donors (Lipinski definition) is 2. The molecule has 0 radical (unpaired) electrons. The number of aromatic nitrogens is 1. The van der Waals surface area contributed by atoms with Crippen molar-refractivity contribution in [2.75, 3.05) is 48.4 Å². The van der Waals surface area contributed by atoms with Gasteiger partial charge < -0.3 is 20.3 Å². The monoisotopic (exact) mass is 396 g/mol. The lowest BCUT2D eigenvalue weighted by atomic mass is 9.92. The lowest BCUT2D eigenvalue weighted by Crippen LogP contribution is -2.56. The van der Waals surface area contributed by atoms with Crippen molar-refractivity contribution in [1.29, 1.82) is 0 Å². The SMILES string of the molecule is CC(C)(C)CC(=O)Nc1ccc(NCC2CCOCC2)nc1N1CC(F)(F)C1. The number of rotatable bonds is 6. The van der Waals surface area contributed by atoms with Gasteiger partial charge in [-0.3, -0.25) is 4.79 Å². The predicted molar refractivity (Wildman–Crippen MR) is 106 cm³/mol. The highest BCUT2D eigenvalue weighted by Gasteiger charge is 2.45. The Balaban J connectivity index is 1.70. The van der Waals surface area contributed by atoms with Crippen molar-refractivity contribution in [3.8, 4) is 0 Å². The molecule has 8 heteroatoms. The van der Waals surface area contributed by atoms with E-state index in [4.69, 9.17) is 4.74 Å². The minimum atomic E-state index is -2.71. The molecular weight excluding hydrogens is 366 g/mol. The molecule has 3 rings (SSSR count). The van der Waals surface area contributed by atoms with E-state index in [9.17, 15) is 13.6 Å². The summed E-state index contributed by atoms with van der Waals surface area (Å²) in [7, 11) is 0. The number of anilines is 3. The van der Waals surface area contributed by atoms with E-state index >= 15 is 0 Å². The van der Waals surface area contributed by atoms with E-state index in [1.54, 1.807) is 12.1 Å². The highest BCUT2D eigenvalue weighted by atomic mass is 19.3. The second kappa shape index (κ2) is 8.19. The highest BCUT2D eigenvalue weighted by molar-refractivity contribution is 5.94. The van der Waals surface area contributed by atoms with Gasteiger partial charge in [-0.25, -0.2) is 13.8 Å². The lowest BCUT2D eigenvalue weighted by molar-refractivity contribution is -0.117. The minimum absolute atomic E-state index is 0.147. The molecule has 1 aromatic heterocycles. The molecule has 2 aliphatic rings. The first-order valence-electron chi connectivity index (χ1n) is 9.87. The number of alkyl halides is 2. The number of carbonyl (C=O) groups is 1. The van der Waals surface area contributed by atoms with Crippen molar-refractivity contribution < 1.29 is 18.3 Å². The van der Waals surface area contributed by atoms with E-state index in [0.29, 0.717) is 29.7 Å². The van der Waals surface area contributed by atoms with Crippen molar-refractivity contribution >= 4 is 23.2 Å². The Morgan fingerprint density at radius 3 is 2.57 bits per heavy atom. The van der Waals surface area contributed by atoms with E-state index in [2.05, 4.69) is 15.6 Å². The molecule has 1 amide bonds. The molecule has 2 aliphatic heterocycles. The second-order valence-electron chi connectivity index (χ2n) is 9.00. The highest BCUT2D eigenvalue weighted by Crippen LogP contribution is 2.36. The Hall–Kier alpha value is -1.96. The van der Waals surface area contributed by atoms with E-state index in [1.165, 1.54) is 4.90 Å². The van der Waals surface area contributed by atoms with Crippen LogP contribution in [-0.4, -0.2) is 49.7 Å². The van der Waals surface area contributed by atoms with Crippen LogP contribution in [0.4, 0.5) is 26.1 Å². The molecule has 156 valence electrons. The van der Waals surface area contributed by atoms with Crippen LogP contribution in [0.1, 0.15) is 40.0 Å². The Morgan fingerprint density at radius 1 is 1.29 bits per heavy atom. The van der Waals surface area contributed by atoms with Gasteiger partial charge in [0.15, 0.2) is 5.82 Å². The van der Waals surface area contributed by atoms with E-state index in [-0.39, 0.29) is 24.4 Å². The fraction of sp³-hybridized carbons (Fsp3) is 0.700. The fourth-order valence-electron chi connectivity index (χ4n) is 3.42. The van der Waals surface area contributed by atoms with Crippen LogP contribution in [0.25, 0.3) is 0 Å². The molecule has 28 heavy (non-hydrogen) atoms. The van der Waals surface area contributed by atoms with Crippen LogP contribution in [0.5, 0.6) is 0 Å². The maximum Gasteiger partial charge on any atom is 0.282 e. The molecule has 2 N–H and O–H groups in total. The number of ether oxygens (including phenoxy) is 1. The number of nitrogens with one attached hydrogen (secondary N) is 2. The van der Waals surface area contributed by atoms with Gasteiger partial charge in [0.2, 0.25) is 5.91 Å². The molecule has 0 unspecified atom stereocenters. The molecule has 0 spiro atoms. The summed E-state index contributed by atoms with van der Waals surface area (Å²) >= 11 is 0. The molecule has 3 heterocycles. The summed E-state index contributed by atoms with van der Waals surface area (Å²) in [6.07, 6.45) is 2.34. The third kappa shape index (κ3) is 5.77. The number of pyridine rings is 1. The fourth-order valence-corrected chi connectivity index (χ4v) is 3.42.